The van der Waals surface area contributed by atoms with Crippen molar-refractivity contribution in [3.05, 3.63) is 41.6 Å². The molecule has 0 saturated carbocycles. The number of hydrogen-bond donors (Lipinski definition) is 1. The van der Waals surface area contributed by atoms with Crippen molar-refractivity contribution >= 4 is 5.95 Å². The fraction of sp³-hybridized carbons (Fsp3) is 0.375. The summed E-state index contributed by atoms with van der Waals surface area (Å²) < 4.78 is 0. The van der Waals surface area contributed by atoms with Gasteiger partial charge in [-0.05, 0) is 29.0 Å². The second-order valence-electron chi connectivity index (χ2n) is 5.46. The molecule has 0 bridgehead atoms. The van der Waals surface area contributed by atoms with Gasteiger partial charge in [0, 0.05) is 11.8 Å². The van der Waals surface area contributed by atoms with Gasteiger partial charge in [-0.3, -0.25) is 0 Å². The molecule has 0 spiro atoms. The first kappa shape index (κ1) is 13.5. The molecule has 1 heterocycles. The molecule has 2 N–H and O–H groups in total. The molecule has 0 saturated heterocycles. The summed E-state index contributed by atoms with van der Waals surface area (Å²) in [7, 11) is 0. The highest BCUT2D eigenvalue weighted by atomic mass is 15.0. The van der Waals surface area contributed by atoms with Gasteiger partial charge in [-0.2, -0.15) is 0 Å². The summed E-state index contributed by atoms with van der Waals surface area (Å²) in [5.41, 5.74) is 10.4. The second kappa shape index (κ2) is 5.39. The van der Waals surface area contributed by atoms with Crippen molar-refractivity contribution in [2.24, 2.45) is 0 Å². The lowest BCUT2D eigenvalue weighted by Crippen LogP contribution is -2.00. The minimum absolute atomic E-state index is 0.320. The molecule has 3 nitrogen and oxygen atoms in total. The first-order valence-corrected chi connectivity index (χ1v) is 6.71. The second-order valence-corrected chi connectivity index (χ2v) is 5.46. The monoisotopic (exact) mass is 255 g/mol. The SMILES string of the molecule is CC(C)c1ccc(-c2ccnc(N)n2)c(C(C)C)c1. The van der Waals surface area contributed by atoms with E-state index in [1.165, 1.54) is 11.1 Å². The average molecular weight is 255 g/mol. The molecule has 0 fully saturated rings. The van der Waals surface area contributed by atoms with E-state index < -0.39 is 0 Å². The van der Waals surface area contributed by atoms with Crippen LogP contribution in [0.4, 0.5) is 5.95 Å². The van der Waals surface area contributed by atoms with Crippen LogP contribution < -0.4 is 5.73 Å². The molecule has 2 aromatic rings. The van der Waals surface area contributed by atoms with E-state index in [1.54, 1.807) is 6.20 Å². The van der Waals surface area contributed by atoms with Crippen molar-refractivity contribution in [2.45, 2.75) is 39.5 Å². The van der Waals surface area contributed by atoms with Crippen molar-refractivity contribution < 1.29 is 0 Å². The number of aromatic nitrogens is 2. The summed E-state index contributed by atoms with van der Waals surface area (Å²) in [6.07, 6.45) is 1.71. The Hall–Kier alpha value is -1.90. The highest BCUT2D eigenvalue weighted by Gasteiger charge is 2.12. The first-order chi connectivity index (χ1) is 8.99. The minimum Gasteiger partial charge on any atom is -0.368 e. The van der Waals surface area contributed by atoms with Crippen molar-refractivity contribution in [3.8, 4) is 11.3 Å². The Kier molecular flexibility index (Phi) is 3.84. The van der Waals surface area contributed by atoms with Crippen LogP contribution in [0.15, 0.2) is 30.5 Å². The summed E-state index contributed by atoms with van der Waals surface area (Å²) in [5, 5.41) is 0. The number of nitrogens with two attached hydrogens (primary N) is 1. The molecule has 0 aliphatic rings. The molecule has 19 heavy (non-hydrogen) atoms. The lowest BCUT2D eigenvalue weighted by molar-refractivity contribution is 0.835. The van der Waals surface area contributed by atoms with E-state index in [-0.39, 0.29) is 0 Å². The predicted octanol–water partition coefficient (Wildman–Crippen LogP) is 3.97. The van der Waals surface area contributed by atoms with Crippen LogP contribution in [-0.4, -0.2) is 9.97 Å². The maximum Gasteiger partial charge on any atom is 0.220 e. The lowest BCUT2D eigenvalue weighted by Gasteiger charge is -2.16. The number of benzene rings is 1. The quantitative estimate of drug-likeness (QED) is 0.902. The molecular weight excluding hydrogens is 234 g/mol. The standard InChI is InChI=1S/C16H21N3/c1-10(2)12-5-6-13(14(9-12)11(3)4)15-7-8-18-16(17)19-15/h5-11H,1-4H3,(H2,17,18,19). The van der Waals surface area contributed by atoms with Gasteiger partial charge < -0.3 is 5.73 Å². The van der Waals surface area contributed by atoms with Gasteiger partial charge >= 0.3 is 0 Å². The molecular formula is C16H21N3. The minimum atomic E-state index is 0.320. The Morgan fingerprint density at radius 1 is 1.00 bits per heavy atom. The van der Waals surface area contributed by atoms with Gasteiger partial charge in [0.1, 0.15) is 0 Å². The Morgan fingerprint density at radius 3 is 2.32 bits per heavy atom. The number of anilines is 1. The van der Waals surface area contributed by atoms with Gasteiger partial charge in [0.2, 0.25) is 5.95 Å². The highest BCUT2D eigenvalue weighted by molar-refractivity contribution is 5.65. The summed E-state index contributed by atoms with van der Waals surface area (Å²) in [6, 6.07) is 8.51. The largest absolute Gasteiger partial charge is 0.368 e. The van der Waals surface area contributed by atoms with Gasteiger partial charge in [0.25, 0.3) is 0 Å². The van der Waals surface area contributed by atoms with Crippen LogP contribution in [0.3, 0.4) is 0 Å². The first-order valence-electron chi connectivity index (χ1n) is 6.71. The molecule has 0 amide bonds. The molecule has 1 aromatic carbocycles. The van der Waals surface area contributed by atoms with Gasteiger partial charge in [-0.1, -0.05) is 45.9 Å². The van der Waals surface area contributed by atoms with Crippen LogP contribution in [0.5, 0.6) is 0 Å². The van der Waals surface area contributed by atoms with E-state index >= 15 is 0 Å². The normalized spacial score (nSPS) is 11.3. The molecule has 3 heteroatoms. The number of hydrogen-bond acceptors (Lipinski definition) is 3. The van der Waals surface area contributed by atoms with Crippen LogP contribution >= 0.6 is 0 Å². The zero-order valence-corrected chi connectivity index (χ0v) is 12.0. The zero-order valence-electron chi connectivity index (χ0n) is 12.0. The smallest absolute Gasteiger partial charge is 0.220 e. The Labute approximate surface area is 114 Å². The van der Waals surface area contributed by atoms with Crippen LogP contribution in [0.25, 0.3) is 11.3 Å². The summed E-state index contributed by atoms with van der Waals surface area (Å²) in [6.45, 7) is 8.82. The fourth-order valence-corrected chi connectivity index (χ4v) is 2.18. The molecule has 0 radical (unpaired) electrons. The van der Waals surface area contributed by atoms with E-state index in [1.807, 2.05) is 6.07 Å². The Bertz CT molecular complexity index is 574. The maximum atomic E-state index is 5.68. The molecule has 0 atom stereocenters. The average Bonchev–Trinajstić information content (AvgIpc) is 2.37. The molecule has 0 aliphatic heterocycles. The van der Waals surface area contributed by atoms with E-state index in [0.717, 1.165) is 11.3 Å². The number of nitrogen functional groups attached to an aromatic ring is 1. The van der Waals surface area contributed by atoms with Crippen LogP contribution in [-0.2, 0) is 0 Å². The highest BCUT2D eigenvalue weighted by Crippen LogP contribution is 2.31. The third kappa shape index (κ3) is 2.92. The Balaban J connectivity index is 2.57. The summed E-state index contributed by atoms with van der Waals surface area (Å²) in [4.78, 5) is 8.28. The summed E-state index contributed by atoms with van der Waals surface area (Å²) in [5.74, 6) is 1.30. The third-order valence-electron chi connectivity index (χ3n) is 3.31. The van der Waals surface area contributed by atoms with E-state index in [0.29, 0.717) is 17.8 Å². The fourth-order valence-electron chi connectivity index (χ4n) is 2.18. The zero-order chi connectivity index (χ0) is 14.0. The topological polar surface area (TPSA) is 51.8 Å². The molecule has 1 aromatic heterocycles. The third-order valence-corrected chi connectivity index (χ3v) is 3.31. The molecule has 100 valence electrons. The maximum absolute atomic E-state index is 5.68. The molecule has 0 unspecified atom stereocenters. The molecule has 0 aliphatic carbocycles. The van der Waals surface area contributed by atoms with Gasteiger partial charge in [-0.25, -0.2) is 9.97 Å². The molecule has 2 rings (SSSR count). The van der Waals surface area contributed by atoms with Crippen molar-refractivity contribution in [1.82, 2.24) is 9.97 Å². The van der Waals surface area contributed by atoms with Crippen molar-refractivity contribution in [1.29, 1.82) is 0 Å². The van der Waals surface area contributed by atoms with Gasteiger partial charge in [0.05, 0.1) is 5.69 Å². The number of nitrogens with zero attached hydrogens (tertiary/aromatic N) is 2. The summed E-state index contributed by atoms with van der Waals surface area (Å²) >= 11 is 0. The lowest BCUT2D eigenvalue weighted by atomic mass is 9.90. The Morgan fingerprint density at radius 2 is 1.74 bits per heavy atom. The van der Waals surface area contributed by atoms with E-state index in [9.17, 15) is 0 Å². The van der Waals surface area contributed by atoms with Gasteiger partial charge in [-0.15, -0.1) is 0 Å². The van der Waals surface area contributed by atoms with Crippen LogP contribution in [0.2, 0.25) is 0 Å². The van der Waals surface area contributed by atoms with E-state index in [4.69, 9.17) is 5.73 Å². The number of rotatable bonds is 3. The van der Waals surface area contributed by atoms with Gasteiger partial charge in [0.15, 0.2) is 0 Å². The van der Waals surface area contributed by atoms with Crippen molar-refractivity contribution in [3.63, 3.8) is 0 Å². The van der Waals surface area contributed by atoms with E-state index in [2.05, 4.69) is 55.9 Å². The van der Waals surface area contributed by atoms with Crippen molar-refractivity contribution in [2.75, 3.05) is 5.73 Å². The van der Waals surface area contributed by atoms with Crippen LogP contribution in [0, 0.1) is 0 Å². The van der Waals surface area contributed by atoms with Crippen LogP contribution in [0.1, 0.15) is 50.7 Å². The predicted molar refractivity (Wildman–Crippen MR) is 80.1 cm³/mol.